The molecule has 0 aliphatic rings. The lowest BCUT2D eigenvalue weighted by Crippen LogP contribution is -2.53. The fourth-order valence-corrected chi connectivity index (χ4v) is 1.68. The lowest BCUT2D eigenvalue weighted by molar-refractivity contribution is -0.671. The van der Waals surface area contributed by atoms with Crippen molar-refractivity contribution in [3.63, 3.8) is 0 Å². The number of nitrogens with zero attached hydrogens (tertiary/aromatic N) is 7. The first-order valence-electron chi connectivity index (χ1n) is 8.01. The van der Waals surface area contributed by atoms with E-state index >= 15 is 0 Å². The largest absolute Gasteiger partial charge is 0.871 e. The molecule has 2 heterocycles. The summed E-state index contributed by atoms with van der Waals surface area (Å²) >= 11 is 0. The molecule has 0 radical (unpaired) electrons. The van der Waals surface area contributed by atoms with Crippen molar-refractivity contribution in [2.45, 2.75) is 32.5 Å². The van der Waals surface area contributed by atoms with Crippen molar-refractivity contribution in [1.82, 2.24) is 9.13 Å². The van der Waals surface area contributed by atoms with Gasteiger partial charge in [0.15, 0.2) is 0 Å². The molecular formula is C16H22BN7O3. The second-order valence-corrected chi connectivity index (χ2v) is 5.24. The summed E-state index contributed by atoms with van der Waals surface area (Å²) in [6, 6.07) is 3.31. The third-order valence-corrected chi connectivity index (χ3v) is 3.12. The molecule has 0 aromatic carbocycles. The first kappa shape index (κ1) is 23.8. The van der Waals surface area contributed by atoms with E-state index in [1.54, 1.807) is 0 Å². The van der Waals surface area contributed by atoms with E-state index in [2.05, 4.69) is 52.7 Å². The standard InChI is InChI=1S/2C6H11N2.C4BN3O3/c2*1-3-8-5-4-7(2)6-8;6-1-4(2-7,3-8)11-5(9)10/h2*4-6H,3H2,1-2H3;/q2*+1;-2. The lowest BCUT2D eigenvalue weighted by atomic mass is 10.1. The first-order valence-corrected chi connectivity index (χ1v) is 8.01. The molecule has 0 bridgehead atoms. The van der Waals surface area contributed by atoms with E-state index in [0.717, 1.165) is 31.3 Å². The number of aromatic nitrogens is 4. The van der Waals surface area contributed by atoms with Crippen LogP contribution in [0.25, 0.3) is 0 Å². The van der Waals surface area contributed by atoms with Crippen LogP contribution in [0.4, 0.5) is 0 Å². The highest BCUT2D eigenvalue weighted by atomic mass is 16.6. The zero-order valence-corrected chi connectivity index (χ0v) is 15.8. The molecule has 2 aromatic rings. The van der Waals surface area contributed by atoms with Crippen molar-refractivity contribution in [3.8, 4) is 18.2 Å². The van der Waals surface area contributed by atoms with Crippen molar-refractivity contribution in [1.29, 1.82) is 15.8 Å². The van der Waals surface area contributed by atoms with Gasteiger partial charge < -0.3 is 14.7 Å². The van der Waals surface area contributed by atoms with Crippen molar-refractivity contribution in [3.05, 3.63) is 37.4 Å². The quantitative estimate of drug-likeness (QED) is 0.436. The van der Waals surface area contributed by atoms with Crippen molar-refractivity contribution in [2.24, 2.45) is 14.1 Å². The van der Waals surface area contributed by atoms with E-state index in [9.17, 15) is 10.0 Å². The first-order chi connectivity index (χ1) is 12.7. The van der Waals surface area contributed by atoms with Gasteiger partial charge in [0.25, 0.3) is 0 Å². The highest BCUT2D eigenvalue weighted by Crippen LogP contribution is 2.04. The average Bonchev–Trinajstić information content (AvgIpc) is 3.28. The maximum atomic E-state index is 9.79. The molecular weight excluding hydrogens is 349 g/mol. The van der Waals surface area contributed by atoms with Gasteiger partial charge in [-0.3, -0.25) is 0 Å². The van der Waals surface area contributed by atoms with Crippen LogP contribution in [0.3, 0.4) is 0 Å². The SMILES string of the molecule is CCn1cc[n+](C)c1.CCn1cc[n+](C)c1.N#CC(C#N)(C#N)OB([O-])[O-]. The summed E-state index contributed by atoms with van der Waals surface area (Å²) in [5, 5.41) is 44.0. The van der Waals surface area contributed by atoms with Crippen LogP contribution in [-0.2, 0) is 31.8 Å². The molecule has 0 N–H and O–H groups in total. The van der Waals surface area contributed by atoms with Crippen LogP contribution >= 0.6 is 0 Å². The van der Waals surface area contributed by atoms with Crippen LogP contribution < -0.4 is 19.2 Å². The molecule has 0 unspecified atom stereocenters. The van der Waals surface area contributed by atoms with Gasteiger partial charge in [-0.15, -0.1) is 0 Å². The van der Waals surface area contributed by atoms with Crippen molar-refractivity contribution in [2.75, 3.05) is 0 Å². The normalized spacial score (nSPS) is 9.44. The van der Waals surface area contributed by atoms with Gasteiger partial charge in [-0.2, -0.15) is 15.8 Å². The van der Waals surface area contributed by atoms with Gasteiger partial charge >= 0.3 is 5.60 Å². The number of aryl methyl sites for hydroxylation is 4. The minimum atomic E-state index is -2.81. The highest BCUT2D eigenvalue weighted by molar-refractivity contribution is 6.28. The molecule has 2 aromatic heterocycles. The van der Waals surface area contributed by atoms with Gasteiger partial charge in [-0.25, -0.2) is 18.3 Å². The van der Waals surface area contributed by atoms with E-state index in [1.807, 2.05) is 35.6 Å². The number of rotatable bonds is 4. The zero-order chi connectivity index (χ0) is 20.9. The zero-order valence-electron chi connectivity index (χ0n) is 15.8. The smallest absolute Gasteiger partial charge is 0.313 e. The maximum absolute atomic E-state index is 9.79. The minimum Gasteiger partial charge on any atom is -0.871 e. The molecule has 0 saturated heterocycles. The Bertz CT molecular complexity index is 735. The number of hydrogen-bond donors (Lipinski definition) is 0. The third kappa shape index (κ3) is 9.19. The number of nitriles is 3. The summed E-state index contributed by atoms with van der Waals surface area (Å²) in [7, 11) is 1.23. The molecule has 11 heteroatoms. The summed E-state index contributed by atoms with van der Waals surface area (Å²) < 4.78 is 12.0. The van der Waals surface area contributed by atoms with Crippen molar-refractivity contribution < 1.29 is 23.8 Å². The van der Waals surface area contributed by atoms with Crippen LogP contribution in [0.1, 0.15) is 13.8 Å². The number of hydrogen-bond acceptors (Lipinski definition) is 6. The van der Waals surface area contributed by atoms with Crippen molar-refractivity contribution >= 4 is 7.32 Å². The molecule has 142 valence electrons. The van der Waals surface area contributed by atoms with Crippen LogP contribution in [-0.4, -0.2) is 22.1 Å². The Hall–Kier alpha value is -3.17. The van der Waals surface area contributed by atoms with Crippen LogP contribution in [0.5, 0.6) is 0 Å². The summed E-state index contributed by atoms with van der Waals surface area (Å²) in [6.07, 6.45) is 12.3. The predicted molar refractivity (Wildman–Crippen MR) is 89.0 cm³/mol. The van der Waals surface area contributed by atoms with Gasteiger partial charge in [0, 0.05) is 0 Å². The van der Waals surface area contributed by atoms with Gasteiger partial charge in [0.05, 0.1) is 34.5 Å². The fourth-order valence-electron chi connectivity index (χ4n) is 1.68. The Kier molecular flexibility index (Phi) is 10.8. The Balaban J connectivity index is 0.000000381. The molecule has 0 aliphatic heterocycles. The van der Waals surface area contributed by atoms with E-state index in [4.69, 9.17) is 15.8 Å². The summed E-state index contributed by atoms with van der Waals surface area (Å²) in [5.74, 6) is 0. The Morgan fingerprint density at radius 1 is 0.926 bits per heavy atom. The molecule has 0 atom stereocenters. The Labute approximate surface area is 159 Å². The summed E-state index contributed by atoms with van der Waals surface area (Å²) in [5.41, 5.74) is -2.56. The molecule has 10 nitrogen and oxygen atoms in total. The predicted octanol–water partition coefficient (Wildman–Crippen LogP) is -2.32. The maximum Gasteiger partial charge on any atom is 0.313 e. The highest BCUT2D eigenvalue weighted by Gasteiger charge is 2.28. The summed E-state index contributed by atoms with van der Waals surface area (Å²) in [6.45, 7) is 6.36. The van der Waals surface area contributed by atoms with E-state index < -0.39 is 12.9 Å². The van der Waals surface area contributed by atoms with E-state index in [-0.39, 0.29) is 0 Å². The second kappa shape index (κ2) is 12.2. The second-order valence-electron chi connectivity index (χ2n) is 5.24. The average molecular weight is 371 g/mol. The number of imidazole rings is 2. The molecule has 2 rings (SSSR count). The van der Waals surface area contributed by atoms with E-state index in [0.29, 0.717) is 0 Å². The molecule has 0 amide bonds. The third-order valence-electron chi connectivity index (χ3n) is 3.12. The Morgan fingerprint density at radius 2 is 1.30 bits per heavy atom. The van der Waals surface area contributed by atoms with E-state index in [1.165, 1.54) is 0 Å². The molecule has 0 aliphatic carbocycles. The molecule has 0 spiro atoms. The topological polar surface area (TPSA) is 144 Å². The summed E-state index contributed by atoms with van der Waals surface area (Å²) in [4.78, 5) is 0. The lowest BCUT2D eigenvalue weighted by Gasteiger charge is -2.29. The fraction of sp³-hybridized carbons (Fsp3) is 0.438. The molecule has 0 saturated carbocycles. The monoisotopic (exact) mass is 371 g/mol. The van der Waals surface area contributed by atoms with Gasteiger partial charge in [-0.1, -0.05) is 0 Å². The van der Waals surface area contributed by atoms with Gasteiger partial charge in [0.2, 0.25) is 12.7 Å². The van der Waals surface area contributed by atoms with Crippen LogP contribution in [0, 0.1) is 34.0 Å². The molecule has 0 fully saturated rings. The molecule has 27 heavy (non-hydrogen) atoms. The van der Waals surface area contributed by atoms with Crippen LogP contribution in [0.15, 0.2) is 37.4 Å². The van der Waals surface area contributed by atoms with Gasteiger partial charge in [0.1, 0.15) is 43.0 Å². The minimum absolute atomic E-state index is 1.06. The van der Waals surface area contributed by atoms with Crippen LogP contribution in [0.2, 0.25) is 0 Å². The van der Waals surface area contributed by atoms with Gasteiger partial charge in [-0.05, 0) is 13.8 Å². The Morgan fingerprint density at radius 3 is 1.41 bits per heavy atom.